The number of allylic oxidation sites excluding steroid dienone is 4. The van der Waals surface area contributed by atoms with E-state index < -0.39 is 0 Å². The first-order valence-corrected chi connectivity index (χ1v) is 4.62. The number of hydrogen-bond donors (Lipinski definition) is 1. The van der Waals surface area contributed by atoms with Gasteiger partial charge in [-0.1, -0.05) is 25.2 Å². The molecule has 1 N–H and O–H groups in total. The largest absolute Gasteiger partial charge is 0.282 e. The van der Waals surface area contributed by atoms with Crippen LogP contribution < -0.4 is 0 Å². The molecule has 1 heterocycles. The molecule has 2 nitrogen and oxygen atoms in total. The van der Waals surface area contributed by atoms with E-state index in [1.165, 1.54) is 5.57 Å². The zero-order chi connectivity index (χ0) is 9.68. The van der Waals surface area contributed by atoms with E-state index in [0.717, 1.165) is 17.8 Å². The van der Waals surface area contributed by atoms with Gasteiger partial charge in [-0.3, -0.25) is 5.10 Å². The van der Waals surface area contributed by atoms with Gasteiger partial charge in [0.15, 0.2) is 0 Å². The second-order valence-electron chi connectivity index (χ2n) is 3.01. The van der Waals surface area contributed by atoms with E-state index in [0.29, 0.717) is 0 Å². The summed E-state index contributed by atoms with van der Waals surface area (Å²) in [6, 6.07) is 2.07. The van der Waals surface area contributed by atoms with Crippen molar-refractivity contribution in [2.75, 3.05) is 0 Å². The molecule has 0 bridgehead atoms. The third-order valence-corrected chi connectivity index (χ3v) is 1.91. The lowest BCUT2D eigenvalue weighted by Crippen LogP contribution is -1.82. The molecule has 0 amide bonds. The van der Waals surface area contributed by atoms with Crippen molar-refractivity contribution in [2.24, 2.45) is 0 Å². The summed E-state index contributed by atoms with van der Waals surface area (Å²) in [4.78, 5) is 0. The van der Waals surface area contributed by atoms with Crippen LogP contribution in [0, 0.1) is 6.92 Å². The summed E-state index contributed by atoms with van der Waals surface area (Å²) in [6.07, 6.45) is 7.18. The molecule has 0 aromatic carbocycles. The van der Waals surface area contributed by atoms with Crippen molar-refractivity contribution in [3.05, 3.63) is 35.7 Å². The molecule has 0 unspecified atom stereocenters. The van der Waals surface area contributed by atoms with Crippen molar-refractivity contribution in [2.45, 2.75) is 27.2 Å². The van der Waals surface area contributed by atoms with E-state index in [2.05, 4.69) is 29.3 Å². The van der Waals surface area contributed by atoms with Gasteiger partial charge in [0.2, 0.25) is 0 Å². The van der Waals surface area contributed by atoms with Gasteiger partial charge < -0.3 is 0 Å². The van der Waals surface area contributed by atoms with Gasteiger partial charge in [-0.25, -0.2) is 0 Å². The molecule has 1 aromatic heterocycles. The highest BCUT2D eigenvalue weighted by atomic mass is 15.1. The van der Waals surface area contributed by atoms with Crippen LogP contribution in [-0.2, 0) is 0 Å². The van der Waals surface area contributed by atoms with Gasteiger partial charge in [-0.15, -0.1) is 0 Å². The van der Waals surface area contributed by atoms with Crippen LogP contribution in [0.3, 0.4) is 0 Å². The van der Waals surface area contributed by atoms with Crippen LogP contribution in [0.15, 0.2) is 24.3 Å². The van der Waals surface area contributed by atoms with Crippen molar-refractivity contribution in [1.82, 2.24) is 10.2 Å². The molecule has 1 rings (SSSR count). The zero-order valence-corrected chi connectivity index (χ0v) is 8.46. The zero-order valence-electron chi connectivity index (χ0n) is 8.46. The van der Waals surface area contributed by atoms with E-state index >= 15 is 0 Å². The number of nitrogens with one attached hydrogen (secondary N) is 1. The van der Waals surface area contributed by atoms with Crippen molar-refractivity contribution in [3.8, 4) is 0 Å². The molecule has 0 atom stereocenters. The molecule has 0 aliphatic rings. The van der Waals surface area contributed by atoms with Crippen LogP contribution >= 0.6 is 0 Å². The lowest BCUT2D eigenvalue weighted by molar-refractivity contribution is 1.03. The molecular formula is C11H16N2. The smallest absolute Gasteiger partial charge is 0.0882 e. The van der Waals surface area contributed by atoms with Gasteiger partial charge >= 0.3 is 0 Å². The fourth-order valence-electron chi connectivity index (χ4n) is 1.18. The Morgan fingerprint density at radius 3 is 2.85 bits per heavy atom. The third-order valence-electron chi connectivity index (χ3n) is 1.91. The second-order valence-corrected chi connectivity index (χ2v) is 3.01. The van der Waals surface area contributed by atoms with Gasteiger partial charge in [-0.2, -0.15) is 5.10 Å². The van der Waals surface area contributed by atoms with Crippen molar-refractivity contribution in [1.29, 1.82) is 0 Å². The van der Waals surface area contributed by atoms with Crippen LogP contribution in [0.4, 0.5) is 0 Å². The van der Waals surface area contributed by atoms with E-state index in [4.69, 9.17) is 0 Å². The lowest BCUT2D eigenvalue weighted by Gasteiger charge is -1.96. The first kappa shape index (κ1) is 9.78. The molecule has 0 aliphatic heterocycles. The van der Waals surface area contributed by atoms with Gasteiger partial charge in [0.1, 0.15) is 0 Å². The number of aromatic nitrogens is 2. The molecule has 0 radical (unpaired) electrons. The summed E-state index contributed by atoms with van der Waals surface area (Å²) in [5.74, 6) is 0. The highest BCUT2D eigenvalue weighted by Crippen LogP contribution is 2.15. The van der Waals surface area contributed by atoms with Gasteiger partial charge in [-0.05, 0) is 31.9 Å². The fourth-order valence-corrected chi connectivity index (χ4v) is 1.18. The Morgan fingerprint density at radius 1 is 1.62 bits per heavy atom. The molecule has 1 aromatic rings. The fraction of sp³-hybridized carbons (Fsp3) is 0.364. The Bertz CT molecular complexity index is 319. The molecule has 70 valence electrons. The summed E-state index contributed by atoms with van der Waals surface area (Å²) in [5, 5.41) is 7.16. The predicted molar refractivity (Wildman–Crippen MR) is 56.4 cm³/mol. The Morgan fingerprint density at radius 2 is 2.38 bits per heavy atom. The first-order valence-electron chi connectivity index (χ1n) is 4.62. The van der Waals surface area contributed by atoms with Gasteiger partial charge in [0.25, 0.3) is 0 Å². The topological polar surface area (TPSA) is 28.7 Å². The van der Waals surface area contributed by atoms with E-state index in [9.17, 15) is 0 Å². The standard InChI is InChI=1S/C11H16N2/c1-4-6-7-10(5-2)11-8-9(3)12-13-11/h4,6-8H,5H2,1-3H3,(H,12,13)/b6-4?,10-7+. The quantitative estimate of drug-likeness (QED) is 0.704. The maximum Gasteiger partial charge on any atom is 0.0882 e. The molecule has 2 heteroatoms. The van der Waals surface area contributed by atoms with Gasteiger partial charge in [0, 0.05) is 5.69 Å². The average molecular weight is 176 g/mol. The number of rotatable bonds is 3. The summed E-state index contributed by atoms with van der Waals surface area (Å²) < 4.78 is 0. The van der Waals surface area contributed by atoms with E-state index in [-0.39, 0.29) is 0 Å². The normalized spacial score (nSPS) is 12.7. The van der Waals surface area contributed by atoms with Gasteiger partial charge in [0.05, 0.1) is 5.69 Å². The number of aromatic amines is 1. The first-order chi connectivity index (χ1) is 6.27. The molecule has 13 heavy (non-hydrogen) atoms. The number of H-pyrrole nitrogens is 1. The molecule has 0 fully saturated rings. The average Bonchev–Trinajstić information content (AvgIpc) is 2.54. The third kappa shape index (κ3) is 2.58. The van der Waals surface area contributed by atoms with Crippen LogP contribution in [0.25, 0.3) is 5.57 Å². The summed E-state index contributed by atoms with van der Waals surface area (Å²) in [6.45, 7) is 6.17. The maximum absolute atomic E-state index is 4.21. The Kier molecular flexibility index (Phi) is 3.50. The maximum atomic E-state index is 4.21. The number of hydrogen-bond acceptors (Lipinski definition) is 1. The number of aryl methyl sites for hydroxylation is 1. The summed E-state index contributed by atoms with van der Waals surface area (Å²) in [5.41, 5.74) is 3.43. The Balaban J connectivity index is 2.90. The highest BCUT2D eigenvalue weighted by molar-refractivity contribution is 5.63. The molecule has 0 aliphatic carbocycles. The van der Waals surface area contributed by atoms with Crippen LogP contribution in [0.1, 0.15) is 31.7 Å². The van der Waals surface area contributed by atoms with Crippen molar-refractivity contribution < 1.29 is 0 Å². The van der Waals surface area contributed by atoms with E-state index in [1.807, 2.05) is 26.0 Å². The Labute approximate surface area is 79.4 Å². The summed E-state index contributed by atoms with van der Waals surface area (Å²) in [7, 11) is 0. The second kappa shape index (κ2) is 4.65. The Hall–Kier alpha value is -1.31. The molecule has 0 saturated carbocycles. The molecule has 0 spiro atoms. The molecular weight excluding hydrogens is 160 g/mol. The molecule has 0 saturated heterocycles. The summed E-state index contributed by atoms with van der Waals surface area (Å²) >= 11 is 0. The van der Waals surface area contributed by atoms with Crippen LogP contribution in [0.5, 0.6) is 0 Å². The predicted octanol–water partition coefficient (Wildman–Crippen LogP) is 3.09. The van der Waals surface area contributed by atoms with Crippen molar-refractivity contribution >= 4 is 5.57 Å². The van der Waals surface area contributed by atoms with E-state index in [1.54, 1.807) is 0 Å². The highest BCUT2D eigenvalue weighted by Gasteiger charge is 2.01. The minimum Gasteiger partial charge on any atom is -0.282 e. The number of nitrogens with zero attached hydrogens (tertiary/aromatic N) is 1. The minimum atomic E-state index is 1.01. The lowest BCUT2D eigenvalue weighted by atomic mass is 10.1. The van der Waals surface area contributed by atoms with Crippen LogP contribution in [0.2, 0.25) is 0 Å². The van der Waals surface area contributed by atoms with Crippen LogP contribution in [-0.4, -0.2) is 10.2 Å². The minimum absolute atomic E-state index is 1.01. The van der Waals surface area contributed by atoms with Crippen molar-refractivity contribution in [3.63, 3.8) is 0 Å². The SMILES string of the molecule is CC=C/C=C(\CC)c1cc(C)[nH]n1. The monoisotopic (exact) mass is 176 g/mol.